The molecule has 0 unspecified atom stereocenters. The summed E-state index contributed by atoms with van der Waals surface area (Å²) in [4.78, 5) is 26.0. The van der Waals surface area contributed by atoms with Crippen molar-refractivity contribution in [3.8, 4) is 6.07 Å². The smallest absolute Gasteiger partial charge is 0.224 e. The van der Waals surface area contributed by atoms with Gasteiger partial charge in [0.05, 0.1) is 39.7 Å². The molecule has 1 aromatic carbocycles. The fourth-order valence-electron chi connectivity index (χ4n) is 5.28. The molecule has 2 aromatic heterocycles. The number of nitrogens with one attached hydrogen (secondary N) is 2. The number of aliphatic hydroxyl groups excluding tert-OH is 1. The van der Waals surface area contributed by atoms with E-state index >= 15 is 0 Å². The number of nitriles is 1. The van der Waals surface area contributed by atoms with Crippen LogP contribution in [0.15, 0.2) is 18.3 Å². The van der Waals surface area contributed by atoms with E-state index in [0.29, 0.717) is 76.5 Å². The number of rotatable bonds is 6. The van der Waals surface area contributed by atoms with E-state index in [1.165, 1.54) is 0 Å². The van der Waals surface area contributed by atoms with Crippen LogP contribution in [0.5, 0.6) is 0 Å². The van der Waals surface area contributed by atoms with Crippen LogP contribution < -0.4 is 16.4 Å². The molecule has 1 amide bonds. The average molecular weight is 543 g/mol. The maximum atomic E-state index is 12.0. The zero-order valence-corrected chi connectivity index (χ0v) is 21.9. The van der Waals surface area contributed by atoms with Gasteiger partial charge in [0.25, 0.3) is 0 Å². The molecular formula is C25H28Cl2N8O2. The van der Waals surface area contributed by atoms with E-state index in [0.717, 1.165) is 12.8 Å². The minimum Gasteiger partial charge on any atom is -0.393 e. The number of carbonyl (C=O) groups excluding carboxylic acids is 1. The first-order valence-corrected chi connectivity index (χ1v) is 13.1. The third kappa shape index (κ3) is 5.04. The second-order valence-corrected chi connectivity index (χ2v) is 11.0. The molecule has 0 radical (unpaired) electrons. The Hall–Kier alpha value is -3.13. The summed E-state index contributed by atoms with van der Waals surface area (Å²) in [5.74, 6) is 0.661. The van der Waals surface area contributed by atoms with Gasteiger partial charge in [-0.3, -0.25) is 9.36 Å². The molecule has 2 fully saturated rings. The minimum absolute atomic E-state index is 0.00749. The Morgan fingerprint density at radius 2 is 1.92 bits per heavy atom. The van der Waals surface area contributed by atoms with Crippen LogP contribution >= 0.6 is 23.2 Å². The molecule has 2 aliphatic rings. The number of amides is 1. The first-order valence-electron chi connectivity index (χ1n) is 12.3. The Balaban J connectivity index is 1.54. The zero-order chi connectivity index (χ0) is 26.3. The van der Waals surface area contributed by atoms with Crippen LogP contribution in [-0.2, 0) is 4.79 Å². The Morgan fingerprint density at radius 1 is 1.22 bits per heavy atom. The Kier molecular flexibility index (Phi) is 6.88. The van der Waals surface area contributed by atoms with Gasteiger partial charge < -0.3 is 21.5 Å². The second-order valence-electron chi connectivity index (χ2n) is 10.2. The van der Waals surface area contributed by atoms with E-state index in [4.69, 9.17) is 38.9 Å². The Bertz CT molecular complexity index is 1370. The summed E-state index contributed by atoms with van der Waals surface area (Å²) in [7, 11) is 0. The largest absolute Gasteiger partial charge is 0.393 e. The van der Waals surface area contributed by atoms with Crippen molar-refractivity contribution in [3.63, 3.8) is 0 Å². The SMILES string of the molecule is C[C@]1(C(N)=O)CC[C@@H](n2c(Nc3c(Cl)cc(C#N)cc3Cl)nc3cnc(N[C@@H]4CC[C@@H](O)C4)nc32)CC1. The normalized spacial score (nSPS) is 25.6. The van der Waals surface area contributed by atoms with Gasteiger partial charge >= 0.3 is 0 Å². The van der Waals surface area contributed by atoms with Gasteiger partial charge in [-0.1, -0.05) is 30.1 Å². The van der Waals surface area contributed by atoms with Gasteiger partial charge in [-0.05, 0) is 57.1 Å². The molecule has 0 spiro atoms. The number of hydrogen-bond donors (Lipinski definition) is 4. The van der Waals surface area contributed by atoms with Gasteiger partial charge in [0.2, 0.25) is 17.8 Å². The van der Waals surface area contributed by atoms with Crippen LogP contribution in [0.4, 0.5) is 17.6 Å². The van der Waals surface area contributed by atoms with E-state index in [1.54, 1.807) is 18.3 Å². The van der Waals surface area contributed by atoms with E-state index in [9.17, 15) is 15.2 Å². The molecule has 12 heteroatoms. The van der Waals surface area contributed by atoms with Gasteiger partial charge in [0, 0.05) is 17.5 Å². The number of fused-ring (bicyclic) bond motifs is 1. The number of halogens is 2. The van der Waals surface area contributed by atoms with Crippen molar-refractivity contribution >= 4 is 57.9 Å². The van der Waals surface area contributed by atoms with Crippen molar-refractivity contribution in [3.05, 3.63) is 33.9 Å². The van der Waals surface area contributed by atoms with Crippen LogP contribution in [0.25, 0.3) is 11.2 Å². The van der Waals surface area contributed by atoms with Crippen molar-refractivity contribution in [2.75, 3.05) is 10.6 Å². The lowest BCUT2D eigenvalue weighted by molar-refractivity contribution is -0.128. The summed E-state index contributed by atoms with van der Waals surface area (Å²) in [5, 5.41) is 26.3. The number of nitrogens with two attached hydrogens (primary N) is 1. The molecule has 3 aromatic rings. The third-order valence-electron chi connectivity index (χ3n) is 7.60. The predicted molar refractivity (Wildman–Crippen MR) is 142 cm³/mol. The highest BCUT2D eigenvalue weighted by atomic mass is 35.5. The molecule has 37 heavy (non-hydrogen) atoms. The van der Waals surface area contributed by atoms with Gasteiger partial charge in [0.1, 0.15) is 5.52 Å². The molecule has 5 N–H and O–H groups in total. The van der Waals surface area contributed by atoms with Crippen LogP contribution in [0.2, 0.25) is 10.0 Å². The van der Waals surface area contributed by atoms with Crippen LogP contribution in [0, 0.1) is 16.7 Å². The monoisotopic (exact) mass is 542 g/mol. The highest BCUT2D eigenvalue weighted by Crippen LogP contribution is 2.43. The summed E-state index contributed by atoms with van der Waals surface area (Å²) < 4.78 is 2.01. The van der Waals surface area contributed by atoms with Gasteiger partial charge in [-0.2, -0.15) is 10.2 Å². The standard InChI is InChI=1S/C25H28Cl2N8O2/c1-25(22(29)37)6-4-15(5-7-25)35-21-19(12-30-23(34-21)31-14-2-3-16(36)10-14)32-24(35)33-20-17(26)8-13(11-28)9-18(20)27/h8-9,12,14-16,36H,2-7,10H2,1H3,(H2,29,37)(H,32,33)(H,30,31,34)/t14-,15-,16-,25+/m1/s1. The van der Waals surface area contributed by atoms with Gasteiger partial charge in [0.15, 0.2) is 5.65 Å². The lowest BCUT2D eigenvalue weighted by Gasteiger charge is -2.35. The number of carbonyl (C=O) groups is 1. The van der Waals surface area contributed by atoms with Crippen molar-refractivity contribution in [1.29, 1.82) is 5.26 Å². The minimum atomic E-state index is -0.550. The van der Waals surface area contributed by atoms with Crippen molar-refractivity contribution in [2.24, 2.45) is 11.1 Å². The summed E-state index contributed by atoms with van der Waals surface area (Å²) in [6, 6.07) is 5.22. The lowest BCUT2D eigenvalue weighted by atomic mass is 9.73. The summed E-state index contributed by atoms with van der Waals surface area (Å²) in [5.41, 5.74) is 7.14. The number of hydrogen-bond acceptors (Lipinski definition) is 8. The summed E-state index contributed by atoms with van der Waals surface area (Å²) in [6.07, 6.45) is 6.28. The molecule has 0 aliphatic heterocycles. The second kappa shape index (κ2) is 9.97. The molecular weight excluding hydrogens is 515 g/mol. The van der Waals surface area contributed by atoms with E-state index in [-0.39, 0.29) is 24.1 Å². The maximum Gasteiger partial charge on any atom is 0.224 e. The lowest BCUT2D eigenvalue weighted by Crippen LogP contribution is -2.38. The number of nitrogens with zero attached hydrogens (tertiary/aromatic N) is 5. The summed E-state index contributed by atoms with van der Waals surface area (Å²) >= 11 is 12.9. The molecule has 2 saturated carbocycles. The number of aromatic nitrogens is 4. The predicted octanol–water partition coefficient (Wildman–Crippen LogP) is 4.68. The molecule has 0 bridgehead atoms. The quantitative estimate of drug-likeness (QED) is 0.349. The molecule has 2 atom stereocenters. The molecule has 2 heterocycles. The zero-order valence-electron chi connectivity index (χ0n) is 20.3. The van der Waals surface area contributed by atoms with Crippen LogP contribution in [0.3, 0.4) is 0 Å². The number of imidazole rings is 1. The highest BCUT2D eigenvalue weighted by Gasteiger charge is 2.38. The molecule has 194 valence electrons. The number of primary amides is 1. The van der Waals surface area contributed by atoms with Crippen LogP contribution in [0.1, 0.15) is 63.5 Å². The van der Waals surface area contributed by atoms with Crippen LogP contribution in [-0.4, -0.2) is 42.7 Å². The number of anilines is 3. The van der Waals surface area contributed by atoms with Crippen molar-refractivity contribution in [2.45, 2.75) is 70.1 Å². The molecule has 2 aliphatic carbocycles. The van der Waals surface area contributed by atoms with E-state index < -0.39 is 5.41 Å². The number of benzene rings is 1. The summed E-state index contributed by atoms with van der Waals surface area (Å²) in [6.45, 7) is 1.91. The van der Waals surface area contributed by atoms with Crippen molar-refractivity contribution in [1.82, 2.24) is 19.5 Å². The third-order valence-corrected chi connectivity index (χ3v) is 8.19. The Labute approximate surface area is 224 Å². The highest BCUT2D eigenvalue weighted by molar-refractivity contribution is 6.39. The van der Waals surface area contributed by atoms with Gasteiger partial charge in [-0.25, -0.2) is 9.97 Å². The topological polar surface area (TPSA) is 155 Å². The number of aliphatic hydroxyl groups is 1. The Morgan fingerprint density at radius 3 is 2.51 bits per heavy atom. The molecule has 10 nitrogen and oxygen atoms in total. The van der Waals surface area contributed by atoms with Gasteiger partial charge in [-0.15, -0.1) is 0 Å². The van der Waals surface area contributed by atoms with Crippen molar-refractivity contribution < 1.29 is 9.90 Å². The fraction of sp³-hybridized carbons (Fsp3) is 0.480. The van der Waals surface area contributed by atoms with E-state index in [2.05, 4.69) is 15.6 Å². The maximum absolute atomic E-state index is 12.0. The average Bonchev–Trinajstić information content (AvgIpc) is 3.44. The van der Waals surface area contributed by atoms with E-state index in [1.807, 2.05) is 17.6 Å². The first kappa shape index (κ1) is 25.5. The fourth-order valence-corrected chi connectivity index (χ4v) is 5.86. The molecule has 0 saturated heterocycles. The first-order chi connectivity index (χ1) is 17.7. The molecule has 5 rings (SSSR count).